The zero-order valence-electron chi connectivity index (χ0n) is 11.8. The van der Waals surface area contributed by atoms with Crippen LogP contribution >= 0.6 is 0 Å². The van der Waals surface area contributed by atoms with E-state index in [1.54, 1.807) is 12.1 Å². The van der Waals surface area contributed by atoms with Crippen LogP contribution in [0.2, 0.25) is 0 Å². The van der Waals surface area contributed by atoms with Crippen LogP contribution in [0.25, 0.3) is 0 Å². The molecule has 2 aliphatic heterocycles. The molecule has 2 heterocycles. The average molecular weight is 309 g/mol. The summed E-state index contributed by atoms with van der Waals surface area (Å²) in [6.45, 7) is 0.468. The summed E-state index contributed by atoms with van der Waals surface area (Å²) in [4.78, 5) is 14.2. The highest BCUT2D eigenvalue weighted by Gasteiger charge is 2.39. The molecule has 1 atom stereocenters. The van der Waals surface area contributed by atoms with Crippen molar-refractivity contribution in [2.45, 2.75) is 37.4 Å². The molecule has 0 aromatic heterocycles. The Labute approximate surface area is 124 Å². The molecule has 114 valence electrons. The smallest absolute Gasteiger partial charge is 0.245 e. The second-order valence-corrected chi connectivity index (χ2v) is 8.03. The van der Waals surface area contributed by atoms with Crippen molar-refractivity contribution in [3.63, 3.8) is 0 Å². The number of anilines is 1. The minimum Gasteiger partial charge on any atom is -0.506 e. The van der Waals surface area contributed by atoms with Gasteiger partial charge in [0, 0.05) is 6.54 Å². The molecule has 0 bridgehead atoms. The van der Waals surface area contributed by atoms with E-state index in [9.17, 15) is 18.3 Å². The molecule has 0 aliphatic carbocycles. The molecular formula is C15H19NO4S. The highest BCUT2D eigenvalue weighted by atomic mass is 32.2. The predicted octanol–water partition coefficient (Wildman–Crippen LogP) is 1.64. The molecule has 2 aliphatic rings. The van der Waals surface area contributed by atoms with Crippen LogP contribution in [-0.4, -0.2) is 37.0 Å². The number of nitrogens with zero attached hydrogens (tertiary/aromatic N) is 1. The Balaban J connectivity index is 1.97. The summed E-state index contributed by atoms with van der Waals surface area (Å²) in [5, 5.41) is 9.11. The van der Waals surface area contributed by atoms with Crippen LogP contribution in [-0.2, 0) is 21.1 Å². The van der Waals surface area contributed by atoms with Crippen LogP contribution in [0.4, 0.5) is 5.69 Å². The maximum Gasteiger partial charge on any atom is 0.245 e. The van der Waals surface area contributed by atoms with Gasteiger partial charge in [-0.25, -0.2) is 8.42 Å². The van der Waals surface area contributed by atoms with Gasteiger partial charge < -0.3 is 10.0 Å². The molecule has 1 aromatic rings. The van der Waals surface area contributed by atoms with Crippen LogP contribution in [0.3, 0.4) is 0 Å². The highest BCUT2D eigenvalue weighted by molar-refractivity contribution is 7.92. The quantitative estimate of drug-likeness (QED) is 0.856. The SMILES string of the molecule is O=C(C1CCCCS1(=O)=O)N1CCCc2cccc(O)c21. The fraction of sp³-hybridized carbons (Fsp3) is 0.533. The summed E-state index contributed by atoms with van der Waals surface area (Å²) < 4.78 is 24.3. The highest BCUT2D eigenvalue weighted by Crippen LogP contribution is 2.37. The van der Waals surface area contributed by atoms with Crippen LogP contribution in [0.15, 0.2) is 18.2 Å². The van der Waals surface area contributed by atoms with E-state index >= 15 is 0 Å². The van der Waals surface area contributed by atoms with E-state index in [1.807, 2.05) is 6.07 Å². The fourth-order valence-corrected chi connectivity index (χ4v) is 5.11. The Morgan fingerprint density at radius 1 is 1.24 bits per heavy atom. The van der Waals surface area contributed by atoms with Gasteiger partial charge in [-0.3, -0.25) is 4.79 Å². The molecule has 0 saturated carbocycles. The molecular weight excluding hydrogens is 290 g/mol. The second-order valence-electron chi connectivity index (χ2n) is 5.73. The van der Waals surface area contributed by atoms with Gasteiger partial charge in [0.2, 0.25) is 5.91 Å². The zero-order valence-corrected chi connectivity index (χ0v) is 12.6. The first-order chi connectivity index (χ1) is 10.0. The Bertz CT molecular complexity index is 668. The van der Waals surface area contributed by atoms with Gasteiger partial charge in [-0.15, -0.1) is 0 Å². The van der Waals surface area contributed by atoms with Gasteiger partial charge in [-0.1, -0.05) is 18.6 Å². The number of benzene rings is 1. The van der Waals surface area contributed by atoms with E-state index in [4.69, 9.17) is 0 Å². The lowest BCUT2D eigenvalue weighted by Gasteiger charge is -2.33. The number of para-hydroxylation sites is 1. The Hall–Kier alpha value is -1.56. The molecule has 5 nitrogen and oxygen atoms in total. The van der Waals surface area contributed by atoms with Crippen molar-refractivity contribution in [1.29, 1.82) is 0 Å². The zero-order chi connectivity index (χ0) is 15.0. The number of aromatic hydroxyl groups is 1. The van der Waals surface area contributed by atoms with Gasteiger partial charge in [-0.2, -0.15) is 0 Å². The van der Waals surface area contributed by atoms with Crippen molar-refractivity contribution in [2.24, 2.45) is 0 Å². The Kier molecular flexibility index (Phi) is 3.65. The number of phenolic OH excluding ortho intramolecular Hbond substituents is 1. The molecule has 1 N–H and O–H groups in total. The third-order valence-electron chi connectivity index (χ3n) is 4.32. The third kappa shape index (κ3) is 2.52. The number of rotatable bonds is 1. The molecule has 1 unspecified atom stereocenters. The maximum atomic E-state index is 12.7. The first-order valence-electron chi connectivity index (χ1n) is 7.34. The number of carbonyl (C=O) groups is 1. The summed E-state index contributed by atoms with van der Waals surface area (Å²) in [5.41, 5.74) is 1.40. The van der Waals surface area contributed by atoms with Crippen molar-refractivity contribution >= 4 is 21.4 Å². The third-order valence-corrected chi connectivity index (χ3v) is 6.48. The Morgan fingerprint density at radius 2 is 2.05 bits per heavy atom. The molecule has 3 rings (SSSR count). The first-order valence-corrected chi connectivity index (χ1v) is 9.06. The van der Waals surface area contributed by atoms with Gasteiger partial charge in [0.25, 0.3) is 0 Å². The van der Waals surface area contributed by atoms with E-state index in [1.165, 1.54) is 4.90 Å². The second kappa shape index (κ2) is 5.33. The van der Waals surface area contributed by atoms with Crippen LogP contribution < -0.4 is 4.90 Å². The lowest BCUT2D eigenvalue weighted by molar-refractivity contribution is -0.118. The number of fused-ring (bicyclic) bond motifs is 1. The predicted molar refractivity (Wildman–Crippen MR) is 80.2 cm³/mol. The number of carbonyl (C=O) groups excluding carboxylic acids is 1. The minimum absolute atomic E-state index is 0.0498. The van der Waals surface area contributed by atoms with Crippen molar-refractivity contribution in [1.82, 2.24) is 0 Å². The van der Waals surface area contributed by atoms with Crippen molar-refractivity contribution in [2.75, 3.05) is 17.2 Å². The molecule has 0 spiro atoms. The normalized spacial score (nSPS) is 24.4. The summed E-state index contributed by atoms with van der Waals surface area (Å²) in [5.74, 6) is -0.240. The monoisotopic (exact) mass is 309 g/mol. The molecule has 1 fully saturated rings. The van der Waals surface area contributed by atoms with Crippen LogP contribution in [0.5, 0.6) is 5.75 Å². The largest absolute Gasteiger partial charge is 0.506 e. The number of phenols is 1. The van der Waals surface area contributed by atoms with E-state index in [2.05, 4.69) is 0 Å². The van der Waals surface area contributed by atoms with Gasteiger partial charge in [0.1, 0.15) is 11.0 Å². The molecule has 1 amide bonds. The standard InChI is InChI=1S/C15H19NO4S/c17-12-7-3-5-11-6-4-9-16(14(11)12)15(18)13-8-1-2-10-21(13,19)20/h3,5,7,13,17H,1-2,4,6,8-10H2. The average Bonchev–Trinajstić information content (AvgIpc) is 2.46. The fourth-order valence-electron chi connectivity index (χ4n) is 3.26. The number of hydrogen-bond acceptors (Lipinski definition) is 4. The maximum absolute atomic E-state index is 12.7. The van der Waals surface area contributed by atoms with Crippen molar-refractivity contribution in [3.8, 4) is 5.75 Å². The van der Waals surface area contributed by atoms with Crippen molar-refractivity contribution < 1.29 is 18.3 Å². The summed E-state index contributed by atoms with van der Waals surface area (Å²) in [6.07, 6.45) is 3.37. The van der Waals surface area contributed by atoms with Gasteiger partial charge in [0.05, 0.1) is 11.4 Å². The number of aryl methyl sites for hydroxylation is 1. The minimum atomic E-state index is -3.36. The number of amides is 1. The molecule has 21 heavy (non-hydrogen) atoms. The van der Waals surface area contributed by atoms with E-state index < -0.39 is 15.1 Å². The number of sulfone groups is 1. The molecule has 1 aromatic carbocycles. The van der Waals surface area contributed by atoms with E-state index in [0.29, 0.717) is 25.1 Å². The summed E-state index contributed by atoms with van der Waals surface area (Å²) in [7, 11) is -3.36. The van der Waals surface area contributed by atoms with Gasteiger partial charge in [0.15, 0.2) is 9.84 Å². The van der Waals surface area contributed by atoms with E-state index in [-0.39, 0.29) is 17.4 Å². The van der Waals surface area contributed by atoms with Crippen molar-refractivity contribution in [3.05, 3.63) is 23.8 Å². The summed E-state index contributed by atoms with van der Waals surface area (Å²) in [6, 6.07) is 5.17. The van der Waals surface area contributed by atoms with Crippen LogP contribution in [0.1, 0.15) is 31.2 Å². The molecule has 1 saturated heterocycles. The van der Waals surface area contributed by atoms with E-state index in [0.717, 1.165) is 24.8 Å². The first kappa shape index (κ1) is 14.4. The lowest BCUT2D eigenvalue weighted by Crippen LogP contribution is -2.47. The number of hydrogen-bond donors (Lipinski definition) is 1. The summed E-state index contributed by atoms with van der Waals surface area (Å²) >= 11 is 0. The molecule has 0 radical (unpaired) electrons. The van der Waals surface area contributed by atoms with Gasteiger partial charge in [-0.05, 0) is 37.3 Å². The Morgan fingerprint density at radius 3 is 2.81 bits per heavy atom. The lowest BCUT2D eigenvalue weighted by atomic mass is 10.00. The van der Waals surface area contributed by atoms with Crippen LogP contribution in [0, 0.1) is 0 Å². The molecule has 6 heteroatoms. The van der Waals surface area contributed by atoms with Gasteiger partial charge >= 0.3 is 0 Å². The topological polar surface area (TPSA) is 74.7 Å².